The van der Waals surface area contributed by atoms with Gasteiger partial charge < -0.3 is 10.4 Å². The van der Waals surface area contributed by atoms with Crippen molar-refractivity contribution in [3.8, 4) is 0 Å². The first-order valence-corrected chi connectivity index (χ1v) is 7.00. The Morgan fingerprint density at radius 1 is 1.48 bits per heavy atom. The largest absolute Gasteiger partial charge is 0.480 e. The van der Waals surface area contributed by atoms with Gasteiger partial charge in [0.05, 0.1) is 0 Å². The molecule has 0 heterocycles. The molecule has 2 rings (SSSR count). The van der Waals surface area contributed by atoms with Crippen LogP contribution in [0.5, 0.6) is 0 Å². The maximum atomic E-state index is 13.5. The summed E-state index contributed by atoms with van der Waals surface area (Å²) in [5, 5.41) is 11.7. The normalized spacial score (nSPS) is 15.9. The van der Waals surface area contributed by atoms with Crippen molar-refractivity contribution in [1.82, 2.24) is 5.32 Å². The van der Waals surface area contributed by atoms with Crippen LogP contribution in [0.2, 0.25) is 5.02 Å². The summed E-state index contributed by atoms with van der Waals surface area (Å²) in [7, 11) is 0. The molecule has 0 bridgehead atoms. The summed E-state index contributed by atoms with van der Waals surface area (Å²) in [5.41, 5.74) is 0.212. The molecule has 1 aromatic carbocycles. The van der Waals surface area contributed by atoms with Crippen molar-refractivity contribution in [3.05, 3.63) is 40.7 Å². The molecule has 1 aliphatic carbocycles. The van der Waals surface area contributed by atoms with Gasteiger partial charge in [0.15, 0.2) is 0 Å². The number of carbonyl (C=O) groups is 2. The average molecular weight is 312 g/mol. The average Bonchev–Trinajstić information content (AvgIpc) is 3.21. The highest BCUT2D eigenvalue weighted by atomic mass is 35.5. The Bertz CT molecular complexity index is 584. The SMILES string of the molecule is O=C(/C=C/c1ccc(Cl)cc1F)N[C@@H](CC1CC1)C(=O)O. The predicted octanol–water partition coefficient (Wildman–Crippen LogP) is 2.86. The maximum absolute atomic E-state index is 13.5. The lowest BCUT2D eigenvalue weighted by Gasteiger charge is -2.12. The van der Waals surface area contributed by atoms with Gasteiger partial charge in [-0.1, -0.05) is 30.5 Å². The Labute approximate surface area is 126 Å². The highest BCUT2D eigenvalue weighted by Gasteiger charge is 2.29. The molecule has 21 heavy (non-hydrogen) atoms. The molecule has 4 nitrogen and oxygen atoms in total. The number of amides is 1. The highest BCUT2D eigenvalue weighted by Crippen LogP contribution is 2.33. The summed E-state index contributed by atoms with van der Waals surface area (Å²) in [6.45, 7) is 0. The van der Waals surface area contributed by atoms with Crippen LogP contribution in [0, 0.1) is 11.7 Å². The monoisotopic (exact) mass is 311 g/mol. The molecule has 6 heteroatoms. The van der Waals surface area contributed by atoms with Crippen LogP contribution in [0.15, 0.2) is 24.3 Å². The van der Waals surface area contributed by atoms with Crippen LogP contribution < -0.4 is 5.32 Å². The molecule has 1 aromatic rings. The van der Waals surface area contributed by atoms with Gasteiger partial charge in [-0.05, 0) is 30.5 Å². The van der Waals surface area contributed by atoms with Crippen molar-refractivity contribution in [2.75, 3.05) is 0 Å². The molecule has 1 amide bonds. The number of aliphatic carboxylic acids is 1. The lowest BCUT2D eigenvalue weighted by atomic mass is 10.1. The van der Waals surface area contributed by atoms with E-state index in [2.05, 4.69) is 5.32 Å². The van der Waals surface area contributed by atoms with Crippen LogP contribution in [-0.2, 0) is 9.59 Å². The van der Waals surface area contributed by atoms with E-state index in [9.17, 15) is 14.0 Å². The third-order valence-corrected chi connectivity index (χ3v) is 3.49. The zero-order valence-electron chi connectivity index (χ0n) is 11.2. The van der Waals surface area contributed by atoms with Crippen molar-refractivity contribution < 1.29 is 19.1 Å². The molecule has 1 saturated carbocycles. The Kier molecular flexibility index (Phi) is 4.96. The summed E-state index contributed by atoms with van der Waals surface area (Å²) >= 11 is 5.63. The number of hydrogen-bond donors (Lipinski definition) is 2. The van der Waals surface area contributed by atoms with E-state index in [1.807, 2.05) is 0 Å². The van der Waals surface area contributed by atoms with Crippen LogP contribution in [-0.4, -0.2) is 23.0 Å². The second-order valence-corrected chi connectivity index (χ2v) is 5.51. The summed E-state index contributed by atoms with van der Waals surface area (Å²) in [6, 6.07) is 3.20. The van der Waals surface area contributed by atoms with E-state index in [0.29, 0.717) is 12.3 Å². The van der Waals surface area contributed by atoms with E-state index in [1.165, 1.54) is 18.2 Å². The van der Waals surface area contributed by atoms with Gasteiger partial charge in [0, 0.05) is 16.7 Å². The van der Waals surface area contributed by atoms with Crippen molar-refractivity contribution in [2.24, 2.45) is 5.92 Å². The minimum atomic E-state index is -1.05. The Morgan fingerprint density at radius 2 is 2.19 bits per heavy atom. The van der Waals surface area contributed by atoms with Crippen LogP contribution in [0.1, 0.15) is 24.8 Å². The Balaban J connectivity index is 1.95. The third kappa shape index (κ3) is 4.86. The van der Waals surface area contributed by atoms with Gasteiger partial charge in [0.2, 0.25) is 5.91 Å². The summed E-state index contributed by atoms with van der Waals surface area (Å²) < 4.78 is 13.5. The van der Waals surface area contributed by atoms with Gasteiger partial charge in [-0.2, -0.15) is 0 Å². The van der Waals surface area contributed by atoms with Crippen LogP contribution >= 0.6 is 11.6 Å². The number of rotatable bonds is 6. The molecule has 112 valence electrons. The Morgan fingerprint density at radius 3 is 2.76 bits per heavy atom. The molecule has 0 aliphatic heterocycles. The molecule has 0 spiro atoms. The van der Waals surface area contributed by atoms with Gasteiger partial charge in [0.1, 0.15) is 11.9 Å². The van der Waals surface area contributed by atoms with E-state index in [0.717, 1.165) is 25.0 Å². The number of benzene rings is 1. The molecule has 0 saturated heterocycles. The maximum Gasteiger partial charge on any atom is 0.326 e. The second-order valence-electron chi connectivity index (χ2n) is 5.08. The highest BCUT2D eigenvalue weighted by molar-refractivity contribution is 6.30. The number of hydrogen-bond acceptors (Lipinski definition) is 2. The molecule has 1 atom stereocenters. The smallest absolute Gasteiger partial charge is 0.326 e. The molecular formula is C15H15ClFNO3. The lowest BCUT2D eigenvalue weighted by molar-refractivity contribution is -0.141. The number of carbonyl (C=O) groups excluding carboxylic acids is 1. The standard InChI is InChI=1S/C15H15ClFNO3/c16-11-5-3-10(12(17)8-11)4-6-14(19)18-13(15(20)21)7-9-1-2-9/h3-6,8-9,13H,1-2,7H2,(H,18,19)(H,20,21)/b6-4+/t13-/m0/s1. The van der Waals surface area contributed by atoms with Gasteiger partial charge >= 0.3 is 5.97 Å². The minimum absolute atomic E-state index is 0.212. The van der Waals surface area contributed by atoms with E-state index in [-0.39, 0.29) is 10.6 Å². The molecule has 0 aromatic heterocycles. The van der Waals surface area contributed by atoms with Gasteiger partial charge in [-0.25, -0.2) is 9.18 Å². The first-order chi connectivity index (χ1) is 9.95. The number of halogens is 2. The van der Waals surface area contributed by atoms with Crippen LogP contribution in [0.4, 0.5) is 4.39 Å². The number of carboxylic acid groups (broad SMARTS) is 1. The van der Waals surface area contributed by atoms with E-state index in [4.69, 9.17) is 16.7 Å². The van der Waals surface area contributed by atoms with Crippen LogP contribution in [0.3, 0.4) is 0 Å². The van der Waals surface area contributed by atoms with Gasteiger partial charge in [-0.15, -0.1) is 0 Å². The second kappa shape index (κ2) is 6.72. The first kappa shape index (κ1) is 15.5. The predicted molar refractivity (Wildman–Crippen MR) is 77.4 cm³/mol. The zero-order valence-corrected chi connectivity index (χ0v) is 11.9. The fourth-order valence-electron chi connectivity index (χ4n) is 1.93. The molecule has 1 fully saturated rings. The minimum Gasteiger partial charge on any atom is -0.480 e. The topological polar surface area (TPSA) is 66.4 Å². The fraction of sp³-hybridized carbons (Fsp3) is 0.333. The van der Waals surface area contributed by atoms with Crippen molar-refractivity contribution >= 4 is 29.6 Å². The zero-order chi connectivity index (χ0) is 15.4. The molecule has 1 aliphatic rings. The molecule has 0 radical (unpaired) electrons. The number of nitrogens with one attached hydrogen (secondary N) is 1. The Hall–Kier alpha value is -1.88. The van der Waals surface area contributed by atoms with Crippen molar-refractivity contribution in [3.63, 3.8) is 0 Å². The molecule has 2 N–H and O–H groups in total. The third-order valence-electron chi connectivity index (χ3n) is 3.26. The van der Waals surface area contributed by atoms with Crippen LogP contribution in [0.25, 0.3) is 6.08 Å². The summed E-state index contributed by atoms with van der Waals surface area (Å²) in [5.74, 6) is -1.78. The van der Waals surface area contributed by atoms with Gasteiger partial charge in [0.25, 0.3) is 0 Å². The van der Waals surface area contributed by atoms with E-state index in [1.54, 1.807) is 0 Å². The number of carboxylic acids is 1. The fourth-order valence-corrected chi connectivity index (χ4v) is 2.09. The molecular weight excluding hydrogens is 297 g/mol. The first-order valence-electron chi connectivity index (χ1n) is 6.62. The van der Waals surface area contributed by atoms with Gasteiger partial charge in [-0.3, -0.25) is 4.79 Å². The lowest BCUT2D eigenvalue weighted by Crippen LogP contribution is -2.40. The van der Waals surface area contributed by atoms with E-state index >= 15 is 0 Å². The van der Waals surface area contributed by atoms with E-state index < -0.39 is 23.7 Å². The molecule has 0 unspecified atom stereocenters. The summed E-state index contributed by atoms with van der Waals surface area (Å²) in [4.78, 5) is 22.8. The summed E-state index contributed by atoms with van der Waals surface area (Å²) in [6.07, 6.45) is 4.85. The quantitative estimate of drug-likeness (QED) is 0.794. The van der Waals surface area contributed by atoms with Crippen molar-refractivity contribution in [1.29, 1.82) is 0 Å². The van der Waals surface area contributed by atoms with Crippen molar-refractivity contribution in [2.45, 2.75) is 25.3 Å².